The molecule has 0 radical (unpaired) electrons. The topological polar surface area (TPSA) is 90.1 Å². The second-order valence-corrected chi connectivity index (χ2v) is 3.68. The predicted octanol–water partition coefficient (Wildman–Crippen LogP) is -0.0786. The van der Waals surface area contributed by atoms with Crippen LogP contribution in [0.2, 0.25) is 0 Å². The van der Waals surface area contributed by atoms with E-state index in [0.717, 1.165) is 6.42 Å². The zero-order valence-corrected chi connectivity index (χ0v) is 8.80. The summed E-state index contributed by atoms with van der Waals surface area (Å²) in [6.07, 6.45) is 4.41. The number of anilines is 1. The molecule has 2 rings (SSSR count). The maximum absolute atomic E-state index is 10.9. The lowest BCUT2D eigenvalue weighted by Gasteiger charge is -2.12. The third-order valence-corrected chi connectivity index (χ3v) is 2.48. The standard InChI is InChI=1S/C10H14N4O2/c11-9(15)8-3-2-7(16-8)6-14-10-12-4-1-5-13-10/h1,4-5,7-8H,2-3,6H2,(H2,11,15)(H,12,13,14). The Hall–Kier alpha value is -1.69. The first kappa shape index (κ1) is 10.8. The molecule has 0 saturated carbocycles. The summed E-state index contributed by atoms with van der Waals surface area (Å²) in [7, 11) is 0. The van der Waals surface area contributed by atoms with Gasteiger partial charge in [-0.3, -0.25) is 4.79 Å². The van der Waals surface area contributed by atoms with E-state index in [1.165, 1.54) is 0 Å². The number of ether oxygens (including phenoxy) is 1. The van der Waals surface area contributed by atoms with Crippen molar-refractivity contribution in [3.05, 3.63) is 18.5 Å². The second-order valence-electron chi connectivity index (χ2n) is 3.68. The first-order valence-electron chi connectivity index (χ1n) is 5.21. The molecule has 3 N–H and O–H groups in total. The van der Waals surface area contributed by atoms with Crippen LogP contribution in [-0.2, 0) is 9.53 Å². The maximum atomic E-state index is 10.9. The molecule has 1 fully saturated rings. The molecule has 0 aliphatic carbocycles. The van der Waals surface area contributed by atoms with Crippen molar-refractivity contribution in [2.45, 2.75) is 25.0 Å². The minimum Gasteiger partial charge on any atom is -0.367 e. The molecule has 6 nitrogen and oxygen atoms in total. The highest BCUT2D eigenvalue weighted by molar-refractivity contribution is 5.79. The van der Waals surface area contributed by atoms with E-state index in [1.54, 1.807) is 18.5 Å². The van der Waals surface area contributed by atoms with Gasteiger partial charge in [-0.2, -0.15) is 0 Å². The summed E-state index contributed by atoms with van der Waals surface area (Å²) in [5.41, 5.74) is 5.16. The average Bonchev–Trinajstić information content (AvgIpc) is 2.76. The Morgan fingerprint density at radius 3 is 2.88 bits per heavy atom. The number of aromatic nitrogens is 2. The number of rotatable bonds is 4. The Morgan fingerprint density at radius 2 is 2.25 bits per heavy atom. The van der Waals surface area contributed by atoms with Gasteiger partial charge in [-0.15, -0.1) is 0 Å². The number of carbonyl (C=O) groups is 1. The molecule has 1 amide bonds. The molecule has 0 bridgehead atoms. The van der Waals surface area contributed by atoms with Crippen molar-refractivity contribution in [2.24, 2.45) is 5.73 Å². The average molecular weight is 222 g/mol. The van der Waals surface area contributed by atoms with E-state index in [0.29, 0.717) is 18.9 Å². The Labute approximate surface area is 93.2 Å². The van der Waals surface area contributed by atoms with Crippen LogP contribution in [-0.4, -0.2) is 34.6 Å². The third kappa shape index (κ3) is 2.66. The lowest BCUT2D eigenvalue weighted by Crippen LogP contribution is -2.30. The van der Waals surface area contributed by atoms with Crippen LogP contribution in [0.15, 0.2) is 18.5 Å². The van der Waals surface area contributed by atoms with Gasteiger partial charge in [-0.25, -0.2) is 9.97 Å². The summed E-state index contributed by atoms with van der Waals surface area (Å²) in [5, 5.41) is 3.05. The SMILES string of the molecule is NC(=O)C1CCC(CNc2ncccn2)O1. The van der Waals surface area contributed by atoms with Gasteiger partial charge < -0.3 is 15.8 Å². The molecule has 1 aromatic heterocycles. The fourth-order valence-electron chi connectivity index (χ4n) is 1.66. The van der Waals surface area contributed by atoms with Crippen LogP contribution in [0.25, 0.3) is 0 Å². The van der Waals surface area contributed by atoms with E-state index < -0.39 is 12.0 Å². The molecule has 1 aliphatic heterocycles. The number of nitrogens with two attached hydrogens (primary N) is 1. The zero-order valence-electron chi connectivity index (χ0n) is 8.80. The fraction of sp³-hybridized carbons (Fsp3) is 0.500. The molecule has 1 aliphatic rings. The summed E-state index contributed by atoms with van der Waals surface area (Å²) in [5.74, 6) is 0.173. The largest absolute Gasteiger partial charge is 0.367 e. The Bertz CT molecular complexity index is 357. The number of nitrogens with zero attached hydrogens (tertiary/aromatic N) is 2. The van der Waals surface area contributed by atoms with Crippen LogP contribution >= 0.6 is 0 Å². The maximum Gasteiger partial charge on any atom is 0.246 e. The smallest absolute Gasteiger partial charge is 0.246 e. The van der Waals surface area contributed by atoms with E-state index in [1.807, 2.05) is 0 Å². The number of primary amides is 1. The van der Waals surface area contributed by atoms with Crippen molar-refractivity contribution in [3.8, 4) is 0 Å². The van der Waals surface area contributed by atoms with E-state index in [9.17, 15) is 4.79 Å². The zero-order chi connectivity index (χ0) is 11.4. The van der Waals surface area contributed by atoms with Crippen LogP contribution < -0.4 is 11.1 Å². The van der Waals surface area contributed by atoms with Gasteiger partial charge >= 0.3 is 0 Å². The number of carbonyl (C=O) groups excluding carboxylic acids is 1. The lowest BCUT2D eigenvalue weighted by molar-refractivity contribution is -0.128. The number of nitrogens with one attached hydrogen (secondary N) is 1. The van der Waals surface area contributed by atoms with Crippen molar-refractivity contribution in [3.63, 3.8) is 0 Å². The van der Waals surface area contributed by atoms with Gasteiger partial charge in [-0.05, 0) is 18.9 Å². The van der Waals surface area contributed by atoms with Gasteiger partial charge in [0.1, 0.15) is 6.10 Å². The van der Waals surface area contributed by atoms with Gasteiger partial charge in [-0.1, -0.05) is 0 Å². The summed E-state index contributed by atoms with van der Waals surface area (Å²) in [6, 6.07) is 1.75. The van der Waals surface area contributed by atoms with Crippen molar-refractivity contribution in [2.75, 3.05) is 11.9 Å². The summed E-state index contributed by atoms with van der Waals surface area (Å²) < 4.78 is 5.45. The van der Waals surface area contributed by atoms with Gasteiger partial charge in [0.05, 0.1) is 6.10 Å². The van der Waals surface area contributed by atoms with Gasteiger partial charge in [0.15, 0.2) is 0 Å². The normalized spacial score (nSPS) is 24.2. The third-order valence-electron chi connectivity index (χ3n) is 2.48. The molecule has 1 saturated heterocycles. The monoisotopic (exact) mass is 222 g/mol. The molecule has 2 unspecified atom stereocenters. The van der Waals surface area contributed by atoms with E-state index in [2.05, 4.69) is 15.3 Å². The van der Waals surface area contributed by atoms with Crippen LogP contribution in [0.3, 0.4) is 0 Å². The number of amides is 1. The highest BCUT2D eigenvalue weighted by Crippen LogP contribution is 2.19. The molecular formula is C10H14N4O2. The number of hydrogen-bond donors (Lipinski definition) is 2. The number of hydrogen-bond acceptors (Lipinski definition) is 5. The predicted molar refractivity (Wildman–Crippen MR) is 57.6 cm³/mol. The molecule has 0 spiro atoms. The first-order valence-corrected chi connectivity index (χ1v) is 5.21. The Balaban J connectivity index is 1.78. The van der Waals surface area contributed by atoms with Crippen molar-refractivity contribution in [1.29, 1.82) is 0 Å². The lowest BCUT2D eigenvalue weighted by atomic mass is 10.2. The van der Waals surface area contributed by atoms with E-state index in [4.69, 9.17) is 10.5 Å². The van der Waals surface area contributed by atoms with Crippen molar-refractivity contribution < 1.29 is 9.53 Å². The van der Waals surface area contributed by atoms with Gasteiger partial charge in [0, 0.05) is 18.9 Å². The Kier molecular flexibility index (Phi) is 3.31. The molecule has 2 heterocycles. The molecule has 1 aromatic rings. The highest BCUT2D eigenvalue weighted by atomic mass is 16.5. The summed E-state index contributed by atoms with van der Waals surface area (Å²) in [4.78, 5) is 18.9. The molecule has 2 atom stereocenters. The quantitative estimate of drug-likeness (QED) is 0.743. The van der Waals surface area contributed by atoms with Crippen LogP contribution in [0.1, 0.15) is 12.8 Å². The van der Waals surface area contributed by atoms with Crippen molar-refractivity contribution >= 4 is 11.9 Å². The molecule has 86 valence electrons. The summed E-state index contributed by atoms with van der Waals surface area (Å²) in [6.45, 7) is 0.591. The first-order chi connectivity index (χ1) is 7.75. The van der Waals surface area contributed by atoms with E-state index in [-0.39, 0.29) is 6.10 Å². The van der Waals surface area contributed by atoms with Gasteiger partial charge in [0.25, 0.3) is 0 Å². The van der Waals surface area contributed by atoms with Crippen molar-refractivity contribution in [1.82, 2.24) is 9.97 Å². The van der Waals surface area contributed by atoms with Crippen LogP contribution in [0, 0.1) is 0 Å². The second kappa shape index (κ2) is 4.89. The summed E-state index contributed by atoms with van der Waals surface area (Å²) >= 11 is 0. The molecule has 0 aromatic carbocycles. The van der Waals surface area contributed by atoms with Gasteiger partial charge in [0.2, 0.25) is 11.9 Å². The molecular weight excluding hydrogens is 208 g/mol. The van der Waals surface area contributed by atoms with Crippen LogP contribution in [0.5, 0.6) is 0 Å². The van der Waals surface area contributed by atoms with E-state index >= 15 is 0 Å². The highest BCUT2D eigenvalue weighted by Gasteiger charge is 2.28. The molecule has 16 heavy (non-hydrogen) atoms. The Morgan fingerprint density at radius 1 is 1.50 bits per heavy atom. The minimum absolute atomic E-state index is 0.00121. The fourth-order valence-corrected chi connectivity index (χ4v) is 1.66. The molecule has 6 heteroatoms. The minimum atomic E-state index is -0.441. The van der Waals surface area contributed by atoms with Crippen LogP contribution in [0.4, 0.5) is 5.95 Å².